The summed E-state index contributed by atoms with van der Waals surface area (Å²) in [6, 6.07) is 8.95. The first-order valence-corrected chi connectivity index (χ1v) is 11.3. The van der Waals surface area contributed by atoms with Crippen LogP contribution in [0.15, 0.2) is 24.3 Å². The maximum atomic E-state index is 10.4. The average molecular weight is 390 g/mol. The van der Waals surface area contributed by atoms with Gasteiger partial charge in [0, 0.05) is 45.3 Å². The van der Waals surface area contributed by atoms with Crippen molar-refractivity contribution >= 4 is 0 Å². The van der Waals surface area contributed by atoms with Crippen molar-refractivity contribution in [3.8, 4) is 5.75 Å². The number of rotatable bonds is 9. The van der Waals surface area contributed by atoms with Crippen LogP contribution in [0.3, 0.4) is 0 Å². The molecule has 1 aliphatic heterocycles. The number of nitrogens with zero attached hydrogens (tertiary/aromatic N) is 2. The zero-order chi connectivity index (χ0) is 19.6. The molecule has 1 aromatic rings. The van der Waals surface area contributed by atoms with Gasteiger partial charge >= 0.3 is 0 Å². The highest BCUT2D eigenvalue weighted by molar-refractivity contribution is 5.28. The number of ether oxygens (including phenoxy) is 1. The minimum Gasteiger partial charge on any atom is -0.491 e. The van der Waals surface area contributed by atoms with Crippen LogP contribution in [0.5, 0.6) is 5.75 Å². The van der Waals surface area contributed by atoms with E-state index in [1.165, 1.54) is 44.1 Å². The molecule has 0 bridgehead atoms. The topological polar surface area (TPSA) is 48.0 Å². The first kappa shape index (κ1) is 21.6. The molecule has 158 valence electrons. The molecule has 1 heterocycles. The van der Waals surface area contributed by atoms with E-state index in [0.29, 0.717) is 19.2 Å². The third kappa shape index (κ3) is 7.36. The van der Waals surface area contributed by atoms with Crippen LogP contribution < -0.4 is 10.1 Å². The fourth-order valence-corrected chi connectivity index (χ4v) is 4.32. The lowest BCUT2D eigenvalue weighted by Crippen LogP contribution is -2.49. The predicted molar refractivity (Wildman–Crippen MR) is 115 cm³/mol. The second-order valence-electron chi connectivity index (χ2n) is 8.42. The summed E-state index contributed by atoms with van der Waals surface area (Å²) in [6.07, 6.45) is 7.64. The van der Waals surface area contributed by atoms with Crippen molar-refractivity contribution in [2.75, 3.05) is 45.9 Å². The van der Waals surface area contributed by atoms with Gasteiger partial charge in [0.1, 0.15) is 18.5 Å². The number of benzene rings is 1. The number of aliphatic hydroxyl groups is 1. The van der Waals surface area contributed by atoms with Crippen LogP contribution in [-0.2, 0) is 6.54 Å². The maximum Gasteiger partial charge on any atom is 0.119 e. The SMILES string of the molecule is CCN1CCN(CC(O)COc2cccc(CNC3CCCCCC3)c2)CC1. The Hall–Kier alpha value is -1.14. The smallest absolute Gasteiger partial charge is 0.119 e. The van der Waals surface area contributed by atoms with Crippen molar-refractivity contribution < 1.29 is 9.84 Å². The molecule has 1 saturated heterocycles. The fourth-order valence-electron chi connectivity index (χ4n) is 4.32. The Morgan fingerprint density at radius 3 is 2.50 bits per heavy atom. The summed E-state index contributed by atoms with van der Waals surface area (Å²) in [4.78, 5) is 4.79. The van der Waals surface area contributed by atoms with Gasteiger partial charge in [-0.2, -0.15) is 0 Å². The van der Waals surface area contributed by atoms with Gasteiger partial charge < -0.3 is 20.1 Å². The second-order valence-corrected chi connectivity index (χ2v) is 8.42. The summed E-state index contributed by atoms with van der Waals surface area (Å²) in [6.45, 7) is 9.53. The molecule has 1 aliphatic carbocycles. The molecule has 1 saturated carbocycles. The van der Waals surface area contributed by atoms with Gasteiger partial charge in [-0.25, -0.2) is 0 Å². The van der Waals surface area contributed by atoms with E-state index in [-0.39, 0.29) is 0 Å². The molecule has 0 aromatic heterocycles. The number of hydrogen-bond acceptors (Lipinski definition) is 5. The summed E-state index contributed by atoms with van der Waals surface area (Å²) in [5.41, 5.74) is 1.26. The number of hydrogen-bond donors (Lipinski definition) is 2. The lowest BCUT2D eigenvalue weighted by Gasteiger charge is -2.34. The molecular formula is C23H39N3O2. The van der Waals surface area contributed by atoms with Gasteiger partial charge in [0.25, 0.3) is 0 Å². The summed E-state index contributed by atoms with van der Waals surface area (Å²) in [7, 11) is 0. The second kappa shape index (κ2) is 11.8. The molecule has 5 heteroatoms. The van der Waals surface area contributed by atoms with Gasteiger partial charge in [0.2, 0.25) is 0 Å². The lowest BCUT2D eigenvalue weighted by molar-refractivity contribution is 0.0471. The molecule has 0 amide bonds. The van der Waals surface area contributed by atoms with Gasteiger partial charge in [-0.15, -0.1) is 0 Å². The van der Waals surface area contributed by atoms with Crippen LogP contribution in [0.1, 0.15) is 51.0 Å². The number of piperazine rings is 1. The standard InChI is InChI=1S/C23H39N3O2/c1-2-25-12-14-26(15-13-25)18-22(27)19-28-23-11-7-8-20(16-23)17-24-21-9-5-3-4-6-10-21/h7-8,11,16,21-22,24,27H,2-6,9-10,12-15,17-19H2,1H3. The van der Waals surface area contributed by atoms with Crippen molar-refractivity contribution in [3.05, 3.63) is 29.8 Å². The minimum atomic E-state index is -0.444. The van der Waals surface area contributed by atoms with Gasteiger partial charge in [-0.05, 0) is 37.1 Å². The minimum absolute atomic E-state index is 0.355. The Morgan fingerprint density at radius 1 is 1.07 bits per heavy atom. The first-order chi connectivity index (χ1) is 13.7. The van der Waals surface area contributed by atoms with Gasteiger partial charge in [-0.1, -0.05) is 44.7 Å². The normalized spacial score (nSPS) is 21.4. The summed E-state index contributed by atoms with van der Waals surface area (Å²) in [5, 5.41) is 14.1. The predicted octanol–water partition coefficient (Wildman–Crippen LogP) is 2.88. The van der Waals surface area contributed by atoms with Crippen LogP contribution in [-0.4, -0.2) is 72.9 Å². The van der Waals surface area contributed by atoms with Crippen molar-refractivity contribution in [3.63, 3.8) is 0 Å². The van der Waals surface area contributed by atoms with Gasteiger partial charge in [0.15, 0.2) is 0 Å². The molecule has 0 spiro atoms. The van der Waals surface area contributed by atoms with Crippen molar-refractivity contribution in [1.82, 2.24) is 15.1 Å². The Bertz CT molecular complexity index is 553. The molecule has 2 fully saturated rings. The van der Waals surface area contributed by atoms with Crippen molar-refractivity contribution in [1.29, 1.82) is 0 Å². The summed E-state index contributed by atoms with van der Waals surface area (Å²) < 4.78 is 5.89. The Labute approximate surface area is 171 Å². The third-order valence-electron chi connectivity index (χ3n) is 6.17. The highest BCUT2D eigenvalue weighted by Crippen LogP contribution is 2.19. The van der Waals surface area contributed by atoms with Gasteiger partial charge in [0.05, 0.1) is 0 Å². The molecule has 1 aromatic carbocycles. The first-order valence-electron chi connectivity index (χ1n) is 11.3. The number of β-amino-alcohol motifs (C(OH)–C–C–N with tert-alkyl or cyclic N) is 1. The molecule has 2 N–H and O–H groups in total. The summed E-state index contributed by atoms with van der Waals surface area (Å²) in [5.74, 6) is 0.856. The van der Waals surface area contributed by atoms with E-state index in [1.54, 1.807) is 0 Å². The van der Waals surface area contributed by atoms with E-state index in [0.717, 1.165) is 45.0 Å². The fraction of sp³-hybridized carbons (Fsp3) is 0.739. The molecule has 3 rings (SSSR count). The quantitative estimate of drug-likeness (QED) is 0.636. The molecule has 0 radical (unpaired) electrons. The third-order valence-corrected chi connectivity index (χ3v) is 6.17. The highest BCUT2D eigenvalue weighted by atomic mass is 16.5. The van der Waals surface area contributed by atoms with E-state index < -0.39 is 6.10 Å². The average Bonchev–Trinajstić information content (AvgIpc) is 3.00. The molecule has 2 aliphatic rings. The zero-order valence-corrected chi connectivity index (χ0v) is 17.6. The molecular weight excluding hydrogens is 350 g/mol. The van der Waals surface area contributed by atoms with Gasteiger partial charge in [-0.3, -0.25) is 4.90 Å². The van der Waals surface area contributed by atoms with Crippen LogP contribution >= 0.6 is 0 Å². The van der Waals surface area contributed by atoms with Crippen LogP contribution in [0, 0.1) is 0 Å². The largest absolute Gasteiger partial charge is 0.491 e. The number of aliphatic hydroxyl groups excluding tert-OH is 1. The molecule has 1 unspecified atom stereocenters. The highest BCUT2D eigenvalue weighted by Gasteiger charge is 2.18. The van der Waals surface area contributed by atoms with E-state index in [2.05, 4.69) is 40.2 Å². The lowest BCUT2D eigenvalue weighted by atomic mass is 10.1. The zero-order valence-electron chi connectivity index (χ0n) is 17.6. The van der Waals surface area contributed by atoms with E-state index in [9.17, 15) is 5.11 Å². The molecule has 28 heavy (non-hydrogen) atoms. The van der Waals surface area contributed by atoms with Crippen molar-refractivity contribution in [2.24, 2.45) is 0 Å². The van der Waals surface area contributed by atoms with E-state index in [4.69, 9.17) is 4.74 Å². The maximum absolute atomic E-state index is 10.4. The monoisotopic (exact) mass is 389 g/mol. The summed E-state index contributed by atoms with van der Waals surface area (Å²) >= 11 is 0. The Balaban J connectivity index is 1.37. The number of likely N-dealkylation sites (N-methyl/N-ethyl adjacent to an activating group) is 1. The van der Waals surface area contributed by atoms with Crippen LogP contribution in [0.25, 0.3) is 0 Å². The Kier molecular flexibility index (Phi) is 9.06. The number of nitrogens with one attached hydrogen (secondary N) is 1. The molecule has 1 atom stereocenters. The van der Waals surface area contributed by atoms with Crippen LogP contribution in [0.4, 0.5) is 0 Å². The Morgan fingerprint density at radius 2 is 1.79 bits per heavy atom. The van der Waals surface area contributed by atoms with Crippen LogP contribution in [0.2, 0.25) is 0 Å². The van der Waals surface area contributed by atoms with Crippen molar-refractivity contribution in [2.45, 2.75) is 64.1 Å². The van der Waals surface area contributed by atoms with E-state index in [1.807, 2.05) is 6.07 Å². The molecule has 5 nitrogen and oxygen atoms in total. The van der Waals surface area contributed by atoms with E-state index >= 15 is 0 Å².